The predicted molar refractivity (Wildman–Crippen MR) is 110 cm³/mol. The summed E-state index contributed by atoms with van der Waals surface area (Å²) in [7, 11) is 0. The van der Waals surface area contributed by atoms with Gasteiger partial charge in [0.2, 0.25) is 5.91 Å². The monoisotopic (exact) mass is 418 g/mol. The quantitative estimate of drug-likeness (QED) is 0.701. The summed E-state index contributed by atoms with van der Waals surface area (Å²) >= 11 is 6.11. The van der Waals surface area contributed by atoms with Crippen molar-refractivity contribution in [2.75, 3.05) is 25.0 Å². The van der Waals surface area contributed by atoms with Crippen LogP contribution in [0.2, 0.25) is 5.02 Å². The lowest BCUT2D eigenvalue weighted by Gasteiger charge is -2.31. The molecule has 1 aliphatic rings. The van der Waals surface area contributed by atoms with Crippen molar-refractivity contribution in [3.63, 3.8) is 0 Å². The van der Waals surface area contributed by atoms with E-state index in [0.29, 0.717) is 60.9 Å². The summed E-state index contributed by atoms with van der Waals surface area (Å²) in [6.07, 6.45) is 1.39. The van der Waals surface area contributed by atoms with Crippen molar-refractivity contribution in [1.29, 1.82) is 0 Å². The number of rotatable bonds is 6. The summed E-state index contributed by atoms with van der Waals surface area (Å²) in [5.41, 5.74) is 1.59. The van der Waals surface area contributed by atoms with E-state index in [9.17, 15) is 14.0 Å². The number of hydrogen-bond acceptors (Lipinski definition) is 4. The Morgan fingerprint density at radius 1 is 1.17 bits per heavy atom. The van der Waals surface area contributed by atoms with E-state index in [2.05, 4.69) is 10.2 Å². The van der Waals surface area contributed by atoms with Gasteiger partial charge in [0, 0.05) is 28.7 Å². The van der Waals surface area contributed by atoms with Crippen LogP contribution in [0.1, 0.15) is 35.7 Å². The number of carbonyl (C=O) groups is 2. The van der Waals surface area contributed by atoms with E-state index < -0.39 is 0 Å². The summed E-state index contributed by atoms with van der Waals surface area (Å²) < 4.78 is 18.9. The molecule has 2 aromatic carbocycles. The van der Waals surface area contributed by atoms with Crippen molar-refractivity contribution >= 4 is 29.2 Å². The molecular weight excluding hydrogens is 395 g/mol. The minimum Gasteiger partial charge on any atom is -0.462 e. The Morgan fingerprint density at radius 2 is 1.86 bits per heavy atom. The van der Waals surface area contributed by atoms with Gasteiger partial charge in [-0.05, 0) is 69.3 Å². The Morgan fingerprint density at radius 3 is 2.48 bits per heavy atom. The van der Waals surface area contributed by atoms with Gasteiger partial charge in [-0.3, -0.25) is 9.69 Å². The molecular formula is C22H24ClFN2O3. The maximum Gasteiger partial charge on any atom is 0.338 e. The van der Waals surface area contributed by atoms with E-state index in [4.69, 9.17) is 16.3 Å². The summed E-state index contributed by atoms with van der Waals surface area (Å²) in [5, 5.41) is 3.33. The molecule has 0 spiro atoms. The Labute approximate surface area is 174 Å². The lowest BCUT2D eigenvalue weighted by molar-refractivity contribution is -0.121. The van der Waals surface area contributed by atoms with Gasteiger partial charge in [0.1, 0.15) is 5.82 Å². The molecule has 0 unspecified atom stereocenters. The summed E-state index contributed by atoms with van der Waals surface area (Å²) in [4.78, 5) is 26.4. The number of piperidine rings is 1. The van der Waals surface area contributed by atoms with E-state index in [-0.39, 0.29) is 23.6 Å². The Kier molecular flexibility index (Phi) is 7.23. The van der Waals surface area contributed by atoms with Crippen LogP contribution in [0.3, 0.4) is 0 Å². The van der Waals surface area contributed by atoms with Gasteiger partial charge >= 0.3 is 5.97 Å². The fourth-order valence-corrected chi connectivity index (χ4v) is 3.63. The topological polar surface area (TPSA) is 58.6 Å². The second-order valence-corrected chi connectivity index (χ2v) is 7.44. The zero-order chi connectivity index (χ0) is 20.8. The largest absolute Gasteiger partial charge is 0.462 e. The number of hydrogen-bond donors (Lipinski definition) is 1. The first kappa shape index (κ1) is 21.3. The molecule has 0 bridgehead atoms. The minimum absolute atomic E-state index is 0.0440. The smallest absolute Gasteiger partial charge is 0.338 e. The number of halogens is 2. The van der Waals surface area contributed by atoms with E-state index in [1.54, 1.807) is 43.3 Å². The van der Waals surface area contributed by atoms with E-state index in [0.717, 1.165) is 0 Å². The molecule has 7 heteroatoms. The molecule has 154 valence electrons. The average Bonchev–Trinajstić information content (AvgIpc) is 2.72. The van der Waals surface area contributed by atoms with Crippen LogP contribution in [0.5, 0.6) is 0 Å². The van der Waals surface area contributed by atoms with Gasteiger partial charge in [-0.25, -0.2) is 9.18 Å². The highest BCUT2D eigenvalue weighted by molar-refractivity contribution is 6.31. The van der Waals surface area contributed by atoms with Crippen LogP contribution in [0, 0.1) is 11.7 Å². The molecule has 29 heavy (non-hydrogen) atoms. The fourth-order valence-electron chi connectivity index (χ4n) is 3.41. The van der Waals surface area contributed by atoms with Crippen molar-refractivity contribution in [2.24, 2.45) is 5.92 Å². The summed E-state index contributed by atoms with van der Waals surface area (Å²) in [6.45, 7) is 3.91. The highest BCUT2D eigenvalue weighted by atomic mass is 35.5. The minimum atomic E-state index is -0.382. The molecule has 5 nitrogen and oxygen atoms in total. The number of likely N-dealkylation sites (tertiary alicyclic amines) is 1. The highest BCUT2D eigenvalue weighted by Gasteiger charge is 2.26. The summed E-state index contributed by atoms with van der Waals surface area (Å²) in [5.74, 6) is -0.833. The number of ether oxygens (including phenoxy) is 1. The molecule has 1 fully saturated rings. The first-order valence-electron chi connectivity index (χ1n) is 9.71. The van der Waals surface area contributed by atoms with Crippen molar-refractivity contribution < 1.29 is 18.7 Å². The number of nitrogens with zero attached hydrogens (tertiary/aromatic N) is 1. The maximum atomic E-state index is 14.0. The maximum absolute atomic E-state index is 14.0. The number of amides is 1. The Hall–Kier alpha value is -2.44. The third-order valence-corrected chi connectivity index (χ3v) is 5.42. The molecule has 0 radical (unpaired) electrons. The number of carbonyl (C=O) groups excluding carboxylic acids is 2. The molecule has 0 saturated carbocycles. The van der Waals surface area contributed by atoms with Gasteiger partial charge in [-0.1, -0.05) is 17.7 Å². The zero-order valence-corrected chi connectivity index (χ0v) is 17.0. The fraction of sp³-hybridized carbons (Fsp3) is 0.364. The van der Waals surface area contributed by atoms with Crippen LogP contribution in [-0.2, 0) is 16.1 Å². The molecule has 3 rings (SSSR count). The molecule has 1 aliphatic heterocycles. The van der Waals surface area contributed by atoms with E-state index in [1.807, 2.05) is 0 Å². The molecule has 0 aromatic heterocycles. The molecule has 1 amide bonds. The predicted octanol–water partition coefficient (Wildman–Crippen LogP) is 4.51. The Balaban J connectivity index is 1.50. The Bertz CT molecular complexity index is 845. The highest BCUT2D eigenvalue weighted by Crippen LogP contribution is 2.25. The molecule has 1 N–H and O–H groups in total. The number of nitrogens with one attached hydrogen (secondary N) is 1. The van der Waals surface area contributed by atoms with Crippen LogP contribution < -0.4 is 5.32 Å². The SMILES string of the molecule is CCOC(=O)c1ccc(NC(=O)C2CCN(Cc3c(F)cccc3Cl)CC2)cc1. The van der Waals surface area contributed by atoms with Gasteiger partial charge in [0.15, 0.2) is 0 Å². The van der Waals surface area contributed by atoms with Gasteiger partial charge in [0.25, 0.3) is 0 Å². The van der Waals surface area contributed by atoms with Crippen molar-refractivity contribution in [3.8, 4) is 0 Å². The third kappa shape index (κ3) is 5.55. The number of esters is 1. The first-order valence-corrected chi connectivity index (χ1v) is 10.1. The normalized spacial score (nSPS) is 15.1. The number of anilines is 1. The molecule has 1 heterocycles. The van der Waals surface area contributed by atoms with Gasteiger partial charge < -0.3 is 10.1 Å². The van der Waals surface area contributed by atoms with E-state index in [1.165, 1.54) is 6.07 Å². The van der Waals surface area contributed by atoms with Crippen LogP contribution in [0.15, 0.2) is 42.5 Å². The van der Waals surface area contributed by atoms with Crippen LogP contribution in [-0.4, -0.2) is 36.5 Å². The molecule has 1 saturated heterocycles. The lowest BCUT2D eigenvalue weighted by Crippen LogP contribution is -2.38. The van der Waals surface area contributed by atoms with Crippen LogP contribution >= 0.6 is 11.6 Å². The third-order valence-electron chi connectivity index (χ3n) is 5.07. The standard InChI is InChI=1S/C22H24ClFN2O3/c1-2-29-22(28)16-6-8-17(9-7-16)25-21(27)15-10-12-26(13-11-15)14-18-19(23)4-3-5-20(18)24/h3-9,15H,2,10-14H2,1H3,(H,25,27). The zero-order valence-electron chi connectivity index (χ0n) is 16.3. The van der Waals surface area contributed by atoms with Crippen LogP contribution in [0.25, 0.3) is 0 Å². The van der Waals surface area contributed by atoms with Gasteiger partial charge in [-0.2, -0.15) is 0 Å². The summed E-state index contributed by atoms with van der Waals surface area (Å²) in [6, 6.07) is 11.3. The van der Waals surface area contributed by atoms with E-state index >= 15 is 0 Å². The van der Waals surface area contributed by atoms with Crippen LogP contribution in [0.4, 0.5) is 10.1 Å². The lowest BCUT2D eigenvalue weighted by atomic mass is 9.95. The average molecular weight is 419 g/mol. The van der Waals surface area contributed by atoms with Crippen molar-refractivity contribution in [2.45, 2.75) is 26.3 Å². The number of benzene rings is 2. The molecule has 0 atom stereocenters. The molecule has 0 aliphatic carbocycles. The molecule has 2 aromatic rings. The second kappa shape index (κ2) is 9.85. The van der Waals surface area contributed by atoms with Crippen molar-refractivity contribution in [3.05, 3.63) is 64.4 Å². The van der Waals surface area contributed by atoms with Crippen molar-refractivity contribution in [1.82, 2.24) is 4.90 Å². The second-order valence-electron chi connectivity index (χ2n) is 7.04. The van der Waals surface area contributed by atoms with Gasteiger partial charge in [0.05, 0.1) is 12.2 Å². The van der Waals surface area contributed by atoms with Gasteiger partial charge in [-0.15, -0.1) is 0 Å². The first-order chi connectivity index (χ1) is 14.0.